The van der Waals surface area contributed by atoms with Crippen molar-refractivity contribution in [3.63, 3.8) is 0 Å². The van der Waals surface area contributed by atoms with Crippen LogP contribution in [0.1, 0.15) is 27.0 Å². The molecule has 70 valence electrons. The van der Waals surface area contributed by atoms with Crippen LogP contribution in [-0.4, -0.2) is 24.0 Å². The third kappa shape index (κ3) is 1.70. The van der Waals surface area contributed by atoms with Gasteiger partial charge < -0.3 is 9.84 Å². The van der Waals surface area contributed by atoms with Crippen LogP contribution in [0.4, 0.5) is 0 Å². The van der Waals surface area contributed by atoms with E-state index in [-0.39, 0.29) is 22.0 Å². The molecule has 1 heterocycles. The number of Topliss-reactive ketones (excluding diaryl/α,β-unsaturated/α-hetero) is 1. The first-order valence-corrected chi connectivity index (χ1v) is 4.35. The average molecular weight is 200 g/mol. The highest BCUT2D eigenvalue weighted by molar-refractivity contribution is 7.12. The van der Waals surface area contributed by atoms with Gasteiger partial charge in [0.05, 0.1) is 7.11 Å². The van der Waals surface area contributed by atoms with Crippen molar-refractivity contribution in [2.45, 2.75) is 6.92 Å². The maximum Gasteiger partial charge on any atom is 0.342 e. The Morgan fingerprint density at radius 3 is 2.54 bits per heavy atom. The Balaban J connectivity index is 3.13. The zero-order valence-electron chi connectivity index (χ0n) is 7.16. The number of hydrogen-bond acceptors (Lipinski definition) is 5. The number of methoxy groups -OCH3 is 1. The molecule has 0 unspecified atom stereocenters. The summed E-state index contributed by atoms with van der Waals surface area (Å²) in [5, 5.41) is 10.8. The van der Waals surface area contributed by atoms with Gasteiger partial charge in [0.1, 0.15) is 10.4 Å². The Labute approximate surface area is 78.8 Å². The first-order chi connectivity index (χ1) is 6.07. The lowest BCUT2D eigenvalue weighted by atomic mass is 10.2. The van der Waals surface area contributed by atoms with Crippen molar-refractivity contribution in [2.24, 2.45) is 0 Å². The molecule has 0 bridgehead atoms. The van der Waals surface area contributed by atoms with E-state index in [0.29, 0.717) is 0 Å². The van der Waals surface area contributed by atoms with Gasteiger partial charge in [-0.05, 0) is 0 Å². The van der Waals surface area contributed by atoms with Gasteiger partial charge in [-0.25, -0.2) is 4.79 Å². The molecule has 0 aliphatic heterocycles. The summed E-state index contributed by atoms with van der Waals surface area (Å²) in [4.78, 5) is 22.1. The summed E-state index contributed by atoms with van der Waals surface area (Å²) in [5.41, 5.74) is 0.0395. The Morgan fingerprint density at radius 2 is 2.15 bits per heavy atom. The molecule has 0 fully saturated rings. The molecule has 13 heavy (non-hydrogen) atoms. The number of aromatic hydroxyl groups is 1. The highest BCUT2D eigenvalue weighted by Crippen LogP contribution is 2.29. The lowest BCUT2D eigenvalue weighted by molar-refractivity contribution is 0.0598. The monoisotopic (exact) mass is 200 g/mol. The maximum atomic E-state index is 11.0. The van der Waals surface area contributed by atoms with E-state index in [0.717, 1.165) is 11.3 Å². The molecular formula is C8H8O4S. The van der Waals surface area contributed by atoms with Gasteiger partial charge in [0.15, 0.2) is 11.5 Å². The molecular weight excluding hydrogens is 192 g/mol. The van der Waals surface area contributed by atoms with Gasteiger partial charge in [-0.3, -0.25) is 4.79 Å². The van der Waals surface area contributed by atoms with Crippen molar-refractivity contribution < 1.29 is 19.4 Å². The number of esters is 1. The van der Waals surface area contributed by atoms with E-state index in [2.05, 4.69) is 4.74 Å². The molecule has 0 amide bonds. The molecule has 1 N–H and O–H groups in total. The smallest absolute Gasteiger partial charge is 0.342 e. The van der Waals surface area contributed by atoms with Crippen molar-refractivity contribution in [2.75, 3.05) is 7.11 Å². The Kier molecular flexibility index (Phi) is 2.67. The summed E-state index contributed by atoms with van der Waals surface area (Å²) in [5.74, 6) is -1.19. The van der Waals surface area contributed by atoms with Crippen LogP contribution in [0.15, 0.2) is 5.38 Å². The van der Waals surface area contributed by atoms with Gasteiger partial charge in [0, 0.05) is 12.3 Å². The zero-order chi connectivity index (χ0) is 10.0. The zero-order valence-corrected chi connectivity index (χ0v) is 7.97. The second-order valence-corrected chi connectivity index (χ2v) is 3.25. The minimum atomic E-state index is -0.638. The summed E-state index contributed by atoms with van der Waals surface area (Å²) in [6.45, 7) is 1.33. The van der Waals surface area contributed by atoms with Crippen LogP contribution in [0, 0.1) is 0 Å². The summed E-state index contributed by atoms with van der Waals surface area (Å²) in [6, 6.07) is 0. The quantitative estimate of drug-likeness (QED) is 0.579. The van der Waals surface area contributed by atoms with E-state index in [1.807, 2.05) is 0 Å². The van der Waals surface area contributed by atoms with Gasteiger partial charge in [0.25, 0.3) is 0 Å². The minimum absolute atomic E-state index is 0.0395. The molecule has 1 aromatic rings. The molecule has 0 saturated carbocycles. The molecule has 0 spiro atoms. The first kappa shape index (κ1) is 9.73. The second-order valence-electron chi connectivity index (χ2n) is 2.37. The fourth-order valence-electron chi connectivity index (χ4n) is 0.856. The van der Waals surface area contributed by atoms with E-state index in [1.54, 1.807) is 0 Å². The molecule has 1 aromatic heterocycles. The summed E-state index contributed by atoms with van der Waals surface area (Å²) in [7, 11) is 1.22. The lowest BCUT2D eigenvalue weighted by Crippen LogP contribution is -1.99. The molecule has 1 rings (SSSR count). The van der Waals surface area contributed by atoms with Crippen molar-refractivity contribution >= 4 is 23.1 Å². The second kappa shape index (κ2) is 3.57. The van der Waals surface area contributed by atoms with Crippen LogP contribution >= 0.6 is 11.3 Å². The Bertz CT molecular complexity index is 353. The van der Waals surface area contributed by atoms with Gasteiger partial charge >= 0.3 is 5.97 Å². The standard InChI is InChI=1S/C8H8O4S/c1-4(9)7-6(10)5(3-13-7)8(11)12-2/h3,10H,1-2H3. The third-order valence-corrected chi connectivity index (χ3v) is 2.56. The highest BCUT2D eigenvalue weighted by Gasteiger charge is 2.19. The van der Waals surface area contributed by atoms with Crippen molar-refractivity contribution in [3.05, 3.63) is 15.8 Å². The van der Waals surface area contributed by atoms with Crippen LogP contribution in [0.5, 0.6) is 5.75 Å². The predicted octanol–water partition coefficient (Wildman–Crippen LogP) is 1.44. The number of ketones is 1. The SMILES string of the molecule is COC(=O)c1csc(C(C)=O)c1O. The number of thiophene rings is 1. The Hall–Kier alpha value is -1.36. The van der Waals surface area contributed by atoms with Gasteiger partial charge in [-0.2, -0.15) is 0 Å². The van der Waals surface area contributed by atoms with E-state index in [9.17, 15) is 14.7 Å². The van der Waals surface area contributed by atoms with Gasteiger partial charge in [-0.1, -0.05) is 0 Å². The molecule has 5 heteroatoms. The van der Waals surface area contributed by atoms with E-state index in [4.69, 9.17) is 0 Å². The fourth-order valence-corrected chi connectivity index (χ4v) is 1.69. The third-order valence-electron chi connectivity index (χ3n) is 1.49. The molecule has 4 nitrogen and oxygen atoms in total. The molecule has 0 aliphatic carbocycles. The number of ether oxygens (including phenoxy) is 1. The normalized spacial score (nSPS) is 9.69. The van der Waals surface area contributed by atoms with Crippen LogP contribution in [0.25, 0.3) is 0 Å². The average Bonchev–Trinajstić information content (AvgIpc) is 2.46. The van der Waals surface area contributed by atoms with E-state index in [1.165, 1.54) is 19.4 Å². The van der Waals surface area contributed by atoms with Crippen LogP contribution in [-0.2, 0) is 4.74 Å². The number of rotatable bonds is 2. The molecule has 0 atom stereocenters. The Morgan fingerprint density at radius 1 is 1.54 bits per heavy atom. The van der Waals surface area contributed by atoms with E-state index >= 15 is 0 Å². The van der Waals surface area contributed by atoms with Crippen LogP contribution in [0.3, 0.4) is 0 Å². The molecule has 0 aliphatic rings. The largest absolute Gasteiger partial charge is 0.505 e. The number of carbonyl (C=O) groups is 2. The minimum Gasteiger partial charge on any atom is -0.505 e. The summed E-state index contributed by atoms with van der Waals surface area (Å²) in [6.07, 6.45) is 0. The first-order valence-electron chi connectivity index (χ1n) is 3.47. The van der Waals surface area contributed by atoms with E-state index < -0.39 is 5.97 Å². The van der Waals surface area contributed by atoms with Crippen molar-refractivity contribution in [3.8, 4) is 5.75 Å². The molecule has 0 radical (unpaired) electrons. The van der Waals surface area contributed by atoms with Crippen LogP contribution < -0.4 is 0 Å². The summed E-state index contributed by atoms with van der Waals surface area (Å²) < 4.78 is 4.41. The van der Waals surface area contributed by atoms with Gasteiger partial charge in [0.2, 0.25) is 0 Å². The fraction of sp³-hybridized carbons (Fsp3) is 0.250. The lowest BCUT2D eigenvalue weighted by Gasteiger charge is -1.96. The predicted molar refractivity (Wildman–Crippen MR) is 47.3 cm³/mol. The topological polar surface area (TPSA) is 63.6 Å². The summed E-state index contributed by atoms with van der Waals surface area (Å²) >= 11 is 1.03. The molecule has 0 saturated heterocycles. The number of hydrogen-bond donors (Lipinski definition) is 1. The van der Waals surface area contributed by atoms with Crippen molar-refractivity contribution in [1.29, 1.82) is 0 Å². The van der Waals surface area contributed by atoms with Crippen LogP contribution in [0.2, 0.25) is 0 Å². The highest BCUT2D eigenvalue weighted by atomic mass is 32.1. The van der Waals surface area contributed by atoms with Gasteiger partial charge in [-0.15, -0.1) is 11.3 Å². The number of carbonyl (C=O) groups excluding carboxylic acids is 2. The maximum absolute atomic E-state index is 11.0. The van der Waals surface area contributed by atoms with Crippen molar-refractivity contribution in [1.82, 2.24) is 0 Å². The molecule has 0 aromatic carbocycles.